The number of hydrogen-bond donors (Lipinski definition) is 1. The molecule has 0 aliphatic heterocycles. The molecule has 40 heavy (non-hydrogen) atoms. The molecule has 0 saturated heterocycles. The number of carbonyl (C=O) groups excluding carboxylic acids is 4. The van der Waals surface area contributed by atoms with Gasteiger partial charge in [-0.15, -0.1) is 0 Å². The lowest BCUT2D eigenvalue weighted by Crippen LogP contribution is -2.36. The highest BCUT2D eigenvalue weighted by atomic mass is 16.5. The largest absolute Gasteiger partial charge is 0.497 e. The molecule has 2 aromatic heterocycles. The van der Waals surface area contributed by atoms with Crippen LogP contribution in [0, 0.1) is 6.92 Å². The molecule has 4 rings (SSSR count). The van der Waals surface area contributed by atoms with Crippen LogP contribution in [0.15, 0.2) is 77.4 Å². The van der Waals surface area contributed by atoms with Gasteiger partial charge in [0, 0.05) is 17.8 Å². The van der Waals surface area contributed by atoms with Crippen LogP contribution < -0.4 is 10.5 Å². The summed E-state index contributed by atoms with van der Waals surface area (Å²) in [4.78, 5) is 52.7. The minimum Gasteiger partial charge on any atom is -0.497 e. The van der Waals surface area contributed by atoms with E-state index in [0.29, 0.717) is 33.9 Å². The van der Waals surface area contributed by atoms with Crippen LogP contribution in [0.5, 0.6) is 5.75 Å². The highest BCUT2D eigenvalue weighted by molar-refractivity contribution is 6.04. The Bertz CT molecular complexity index is 1520. The van der Waals surface area contributed by atoms with E-state index < -0.39 is 17.7 Å². The molecule has 4 aromatic rings. The first-order valence-corrected chi connectivity index (χ1v) is 12.4. The number of ketones is 1. The second-order valence-electron chi connectivity index (χ2n) is 9.06. The van der Waals surface area contributed by atoms with Crippen molar-refractivity contribution in [2.45, 2.75) is 20.0 Å². The minimum atomic E-state index is -0.665. The zero-order valence-corrected chi connectivity index (χ0v) is 22.4. The predicted molar refractivity (Wildman–Crippen MR) is 145 cm³/mol. The summed E-state index contributed by atoms with van der Waals surface area (Å²) in [5, 5.41) is 0. The van der Waals surface area contributed by atoms with Crippen LogP contribution in [0.1, 0.15) is 58.6 Å². The monoisotopic (exact) mass is 543 g/mol. The first-order valence-electron chi connectivity index (χ1n) is 12.4. The number of amides is 2. The third kappa shape index (κ3) is 6.12. The number of hydrogen-bond acceptors (Lipinski definition) is 7. The van der Waals surface area contributed by atoms with Crippen molar-refractivity contribution in [3.05, 3.63) is 112 Å². The van der Waals surface area contributed by atoms with Gasteiger partial charge in [-0.05, 0) is 67.1 Å². The van der Waals surface area contributed by atoms with Crippen LogP contribution in [0.4, 0.5) is 0 Å². The molecular formula is C30H29N3O7. The minimum absolute atomic E-state index is 0.0820. The third-order valence-electron chi connectivity index (χ3n) is 6.52. The van der Waals surface area contributed by atoms with Crippen LogP contribution >= 0.6 is 0 Å². The van der Waals surface area contributed by atoms with E-state index in [-0.39, 0.29) is 36.8 Å². The molecular weight excluding hydrogens is 514 g/mol. The predicted octanol–water partition coefficient (Wildman–Crippen LogP) is 3.86. The molecule has 0 atom stereocenters. The van der Waals surface area contributed by atoms with E-state index in [1.165, 1.54) is 31.4 Å². The van der Waals surface area contributed by atoms with Crippen molar-refractivity contribution in [1.82, 2.24) is 9.47 Å². The number of nitrogens with zero attached hydrogens (tertiary/aromatic N) is 2. The zero-order chi connectivity index (χ0) is 28.8. The number of nitrogens with two attached hydrogens (primary N) is 1. The van der Waals surface area contributed by atoms with E-state index in [4.69, 9.17) is 19.6 Å². The molecule has 0 aliphatic rings. The number of ether oxygens (including phenoxy) is 2. The summed E-state index contributed by atoms with van der Waals surface area (Å²) in [5.74, 6) is -0.755. The van der Waals surface area contributed by atoms with Gasteiger partial charge in [-0.1, -0.05) is 12.1 Å². The van der Waals surface area contributed by atoms with Gasteiger partial charge in [-0.3, -0.25) is 14.4 Å². The maximum Gasteiger partial charge on any atom is 0.337 e. The zero-order valence-electron chi connectivity index (χ0n) is 22.4. The van der Waals surface area contributed by atoms with Crippen molar-refractivity contribution in [3.63, 3.8) is 0 Å². The van der Waals surface area contributed by atoms with E-state index in [1.54, 1.807) is 72.2 Å². The maximum atomic E-state index is 13.7. The Morgan fingerprint density at radius 3 is 2.20 bits per heavy atom. The molecule has 0 radical (unpaired) electrons. The summed E-state index contributed by atoms with van der Waals surface area (Å²) < 4.78 is 17.0. The van der Waals surface area contributed by atoms with E-state index >= 15 is 0 Å². The van der Waals surface area contributed by atoms with Gasteiger partial charge in [0.25, 0.3) is 11.8 Å². The van der Waals surface area contributed by atoms with Gasteiger partial charge in [-0.2, -0.15) is 0 Å². The van der Waals surface area contributed by atoms with Crippen molar-refractivity contribution in [1.29, 1.82) is 0 Å². The molecule has 2 aromatic carbocycles. The van der Waals surface area contributed by atoms with Crippen LogP contribution in [0.3, 0.4) is 0 Å². The molecule has 2 heterocycles. The maximum absolute atomic E-state index is 13.7. The number of Topliss-reactive ketones (excluding diaryl/α,β-unsaturated/α-hetero) is 1. The Kier molecular flexibility index (Phi) is 8.48. The first-order chi connectivity index (χ1) is 19.2. The average Bonchev–Trinajstić information content (AvgIpc) is 3.60. The van der Waals surface area contributed by atoms with E-state index in [9.17, 15) is 19.2 Å². The highest BCUT2D eigenvalue weighted by Gasteiger charge is 2.25. The first kappa shape index (κ1) is 27.9. The van der Waals surface area contributed by atoms with Crippen LogP contribution in [-0.2, 0) is 17.8 Å². The Morgan fingerprint density at radius 2 is 1.62 bits per heavy atom. The Morgan fingerprint density at radius 1 is 0.950 bits per heavy atom. The molecule has 206 valence electrons. The number of methoxy groups -OCH3 is 2. The SMILES string of the molecule is COC(=O)c1ccc(CN(CC(=O)c2cc(C(N)=O)c(C)n2Cc2ccco2)C(=O)c2ccc(OC)cc2)cc1. The van der Waals surface area contributed by atoms with Gasteiger partial charge in [0.1, 0.15) is 11.5 Å². The molecule has 10 nitrogen and oxygen atoms in total. The molecule has 0 aliphatic carbocycles. The summed E-state index contributed by atoms with van der Waals surface area (Å²) in [7, 11) is 2.82. The van der Waals surface area contributed by atoms with Gasteiger partial charge in [0.05, 0.1) is 50.4 Å². The summed E-state index contributed by atoms with van der Waals surface area (Å²) in [6, 6.07) is 18.1. The van der Waals surface area contributed by atoms with Crippen molar-refractivity contribution >= 4 is 23.6 Å². The van der Waals surface area contributed by atoms with Crippen LogP contribution in [0.2, 0.25) is 0 Å². The fourth-order valence-electron chi connectivity index (χ4n) is 4.34. The summed E-state index contributed by atoms with van der Waals surface area (Å²) in [6.45, 7) is 1.69. The second-order valence-corrected chi connectivity index (χ2v) is 9.06. The molecule has 0 unspecified atom stereocenters. The van der Waals surface area contributed by atoms with Crippen LogP contribution in [0.25, 0.3) is 0 Å². The number of esters is 1. The van der Waals surface area contributed by atoms with E-state index in [2.05, 4.69) is 0 Å². The summed E-state index contributed by atoms with van der Waals surface area (Å²) in [6.07, 6.45) is 1.52. The Hall–Kier alpha value is -5.12. The fourth-order valence-corrected chi connectivity index (χ4v) is 4.34. The number of rotatable bonds is 11. The Labute approximate surface area is 230 Å². The molecule has 10 heteroatoms. The quantitative estimate of drug-likeness (QED) is 0.224. The number of benzene rings is 2. The van der Waals surface area contributed by atoms with Crippen molar-refractivity contribution in [2.75, 3.05) is 20.8 Å². The second kappa shape index (κ2) is 12.2. The number of furan rings is 1. The summed E-state index contributed by atoms with van der Waals surface area (Å²) >= 11 is 0. The van der Waals surface area contributed by atoms with Crippen molar-refractivity contribution in [2.24, 2.45) is 5.73 Å². The highest BCUT2D eigenvalue weighted by Crippen LogP contribution is 2.21. The van der Waals surface area contributed by atoms with E-state index in [1.807, 2.05) is 0 Å². The fraction of sp³-hybridized carbons (Fsp3) is 0.200. The molecule has 0 fully saturated rings. The summed E-state index contributed by atoms with van der Waals surface area (Å²) in [5.41, 5.74) is 7.93. The molecule has 0 saturated carbocycles. The Balaban J connectivity index is 1.67. The molecule has 0 bridgehead atoms. The topological polar surface area (TPSA) is 134 Å². The lowest BCUT2D eigenvalue weighted by molar-refractivity contribution is 0.0600. The van der Waals surface area contributed by atoms with Crippen molar-refractivity contribution in [3.8, 4) is 5.75 Å². The van der Waals surface area contributed by atoms with Gasteiger partial charge in [0.15, 0.2) is 5.78 Å². The lowest BCUT2D eigenvalue weighted by Gasteiger charge is -2.23. The lowest BCUT2D eigenvalue weighted by atomic mass is 10.1. The number of aromatic nitrogens is 1. The van der Waals surface area contributed by atoms with Gasteiger partial charge >= 0.3 is 5.97 Å². The van der Waals surface area contributed by atoms with Crippen molar-refractivity contribution < 1.29 is 33.1 Å². The standard InChI is InChI=1S/C30H29N3O7/c1-19-25(28(31)35)15-26(33(19)17-24-5-4-14-40-24)27(34)18-32(29(36)21-10-12-23(38-2)13-11-21)16-20-6-8-22(9-7-20)30(37)39-3/h4-15H,16-18H2,1-3H3,(H2,31,35). The molecule has 2 N–H and O–H groups in total. The van der Waals surface area contributed by atoms with Gasteiger partial charge in [0.2, 0.25) is 0 Å². The van der Waals surface area contributed by atoms with Gasteiger partial charge in [-0.25, -0.2) is 4.79 Å². The molecule has 0 spiro atoms. The van der Waals surface area contributed by atoms with Gasteiger partial charge < -0.3 is 29.1 Å². The third-order valence-corrected chi connectivity index (χ3v) is 6.52. The smallest absolute Gasteiger partial charge is 0.337 e. The molecule has 2 amide bonds. The number of carbonyl (C=O) groups is 4. The average molecular weight is 544 g/mol. The van der Waals surface area contributed by atoms with E-state index in [0.717, 1.165) is 0 Å². The van der Waals surface area contributed by atoms with Crippen LogP contribution in [-0.4, -0.2) is 53.8 Å². The number of primary amides is 1. The normalized spacial score (nSPS) is 10.7.